The zero-order valence-electron chi connectivity index (χ0n) is 11.8. The molecule has 0 aliphatic rings. The number of pyridine rings is 1. The first-order valence-corrected chi connectivity index (χ1v) is 6.45. The van der Waals surface area contributed by atoms with Gasteiger partial charge in [0.25, 0.3) is 0 Å². The molecule has 0 atom stereocenters. The zero-order valence-corrected chi connectivity index (χ0v) is 11.8. The highest BCUT2D eigenvalue weighted by Gasteiger charge is 2.15. The van der Waals surface area contributed by atoms with Crippen molar-refractivity contribution in [1.29, 1.82) is 0 Å². The highest BCUT2D eigenvalue weighted by molar-refractivity contribution is 5.99. The van der Waals surface area contributed by atoms with Crippen LogP contribution in [0.15, 0.2) is 33.5 Å². The summed E-state index contributed by atoms with van der Waals surface area (Å²) in [6.45, 7) is 1.38. The number of nitrogens with two attached hydrogens (primary N) is 1. The lowest BCUT2D eigenvalue weighted by Crippen LogP contribution is -2.09. The summed E-state index contributed by atoms with van der Waals surface area (Å²) < 4.78 is 9.97. The number of hydrogen-bond donors (Lipinski definition) is 2. The Morgan fingerprint density at radius 2 is 2.00 bits per heavy atom. The molecule has 0 saturated heterocycles. The van der Waals surface area contributed by atoms with E-state index in [-0.39, 0.29) is 39.4 Å². The lowest BCUT2D eigenvalue weighted by Gasteiger charge is -2.06. The number of hydrogen-bond acceptors (Lipinski definition) is 7. The quantitative estimate of drug-likeness (QED) is 0.418. The summed E-state index contributed by atoms with van der Waals surface area (Å²) in [5.41, 5.74) is 5.67. The van der Waals surface area contributed by atoms with Gasteiger partial charge in [-0.3, -0.25) is 9.59 Å². The lowest BCUT2D eigenvalue weighted by molar-refractivity contribution is 0.101. The molecule has 2 aromatic heterocycles. The van der Waals surface area contributed by atoms with Crippen molar-refractivity contribution in [2.75, 3.05) is 5.73 Å². The summed E-state index contributed by atoms with van der Waals surface area (Å²) in [4.78, 5) is 38.5. The number of ketones is 1. The van der Waals surface area contributed by atoms with Gasteiger partial charge >= 0.3 is 6.16 Å². The van der Waals surface area contributed by atoms with Gasteiger partial charge in [-0.2, -0.15) is 4.98 Å². The number of nitrogen functional groups attached to an aromatic ring is 1. The van der Waals surface area contributed by atoms with Crippen molar-refractivity contribution < 1.29 is 23.8 Å². The molecule has 0 aliphatic carbocycles. The molecule has 0 saturated carbocycles. The third-order valence-electron chi connectivity index (χ3n) is 3.26. The third-order valence-corrected chi connectivity index (χ3v) is 3.26. The molecule has 0 radical (unpaired) electrons. The molecule has 0 bridgehead atoms. The largest absolute Gasteiger partial charge is 0.511 e. The average Bonchev–Trinajstić information content (AvgIpc) is 2.48. The van der Waals surface area contributed by atoms with Crippen LogP contribution in [0.5, 0.6) is 5.75 Å². The molecule has 2 heterocycles. The third kappa shape index (κ3) is 2.46. The SMILES string of the molecule is CC(=O)c1ccc2oc3nc(N)c(OC(=O)O)cc3c(=O)c2c1. The van der Waals surface area contributed by atoms with E-state index in [0.717, 1.165) is 6.07 Å². The van der Waals surface area contributed by atoms with Crippen molar-refractivity contribution in [2.45, 2.75) is 6.92 Å². The Morgan fingerprint density at radius 3 is 2.65 bits per heavy atom. The van der Waals surface area contributed by atoms with E-state index in [0.29, 0.717) is 5.56 Å². The summed E-state index contributed by atoms with van der Waals surface area (Å²) >= 11 is 0. The van der Waals surface area contributed by atoms with Crippen LogP contribution in [0, 0.1) is 0 Å². The number of fused-ring (bicyclic) bond motifs is 2. The fraction of sp³-hybridized carbons (Fsp3) is 0.0667. The number of carbonyl (C=O) groups excluding carboxylic acids is 1. The van der Waals surface area contributed by atoms with Gasteiger partial charge in [0, 0.05) is 11.6 Å². The summed E-state index contributed by atoms with van der Waals surface area (Å²) in [5, 5.41) is 8.84. The number of benzene rings is 1. The van der Waals surface area contributed by atoms with E-state index in [1.54, 1.807) is 0 Å². The fourth-order valence-corrected chi connectivity index (χ4v) is 2.17. The molecule has 3 rings (SSSR count). The minimum atomic E-state index is -1.58. The highest BCUT2D eigenvalue weighted by Crippen LogP contribution is 2.26. The van der Waals surface area contributed by atoms with E-state index < -0.39 is 11.6 Å². The molecule has 0 amide bonds. The first-order chi connectivity index (χ1) is 10.9. The predicted octanol–water partition coefficient (Wildman–Crippen LogP) is 2.18. The van der Waals surface area contributed by atoms with E-state index in [9.17, 15) is 14.4 Å². The van der Waals surface area contributed by atoms with Gasteiger partial charge in [0.05, 0.1) is 10.8 Å². The Morgan fingerprint density at radius 1 is 1.26 bits per heavy atom. The molecule has 0 fully saturated rings. The van der Waals surface area contributed by atoms with Crippen LogP contribution in [0.1, 0.15) is 17.3 Å². The van der Waals surface area contributed by atoms with Crippen molar-refractivity contribution in [3.63, 3.8) is 0 Å². The molecule has 3 N–H and O–H groups in total. The number of anilines is 1. The number of Topliss-reactive ketones (excluding diaryl/α,β-unsaturated/α-hetero) is 1. The van der Waals surface area contributed by atoms with Crippen LogP contribution < -0.4 is 15.9 Å². The van der Waals surface area contributed by atoms with Gasteiger partial charge in [0.2, 0.25) is 11.1 Å². The maximum atomic E-state index is 12.6. The van der Waals surface area contributed by atoms with E-state index >= 15 is 0 Å². The van der Waals surface area contributed by atoms with Crippen LogP contribution in [0.3, 0.4) is 0 Å². The molecular formula is C15H10N2O6. The number of carboxylic acid groups (broad SMARTS) is 1. The highest BCUT2D eigenvalue weighted by atomic mass is 16.7. The number of ether oxygens (including phenoxy) is 1. The zero-order chi connectivity index (χ0) is 16.7. The summed E-state index contributed by atoms with van der Waals surface area (Å²) in [6.07, 6.45) is -1.58. The van der Waals surface area contributed by atoms with Crippen LogP contribution >= 0.6 is 0 Å². The minimum absolute atomic E-state index is 0.00338. The summed E-state index contributed by atoms with van der Waals surface area (Å²) in [6, 6.07) is 5.59. The monoisotopic (exact) mass is 314 g/mol. The molecule has 0 spiro atoms. The van der Waals surface area contributed by atoms with Gasteiger partial charge in [-0.1, -0.05) is 0 Å². The fourth-order valence-electron chi connectivity index (χ4n) is 2.17. The second-order valence-corrected chi connectivity index (χ2v) is 4.79. The molecule has 116 valence electrons. The first kappa shape index (κ1) is 14.5. The van der Waals surface area contributed by atoms with Crippen LogP contribution in [0.2, 0.25) is 0 Å². The van der Waals surface area contributed by atoms with Gasteiger partial charge in [-0.15, -0.1) is 0 Å². The Balaban J connectivity index is 2.35. The molecule has 3 aromatic rings. The van der Waals surface area contributed by atoms with Crippen molar-refractivity contribution in [2.24, 2.45) is 0 Å². The van der Waals surface area contributed by atoms with Gasteiger partial charge in [-0.25, -0.2) is 4.79 Å². The second-order valence-electron chi connectivity index (χ2n) is 4.79. The summed E-state index contributed by atoms with van der Waals surface area (Å²) in [7, 11) is 0. The average molecular weight is 314 g/mol. The van der Waals surface area contributed by atoms with Gasteiger partial charge < -0.3 is 20.0 Å². The maximum absolute atomic E-state index is 12.6. The van der Waals surface area contributed by atoms with Gasteiger partial charge in [0.1, 0.15) is 5.58 Å². The van der Waals surface area contributed by atoms with Gasteiger partial charge in [-0.05, 0) is 25.1 Å². The van der Waals surface area contributed by atoms with Crippen LogP contribution in [-0.4, -0.2) is 22.0 Å². The van der Waals surface area contributed by atoms with Crippen molar-refractivity contribution in [1.82, 2.24) is 4.98 Å². The lowest BCUT2D eigenvalue weighted by atomic mass is 10.1. The van der Waals surface area contributed by atoms with Crippen molar-refractivity contribution in [3.05, 3.63) is 40.1 Å². The molecular weight excluding hydrogens is 304 g/mol. The Labute approximate surface area is 128 Å². The predicted molar refractivity (Wildman–Crippen MR) is 80.9 cm³/mol. The smallest absolute Gasteiger partial charge is 0.449 e. The molecule has 0 aliphatic heterocycles. The minimum Gasteiger partial charge on any atom is -0.449 e. The summed E-state index contributed by atoms with van der Waals surface area (Å²) in [5.74, 6) is -0.682. The van der Waals surface area contributed by atoms with E-state index in [2.05, 4.69) is 9.72 Å². The topological polar surface area (TPSA) is 133 Å². The molecule has 23 heavy (non-hydrogen) atoms. The Hall–Kier alpha value is -3.42. The van der Waals surface area contributed by atoms with E-state index in [4.69, 9.17) is 15.3 Å². The molecule has 8 nitrogen and oxygen atoms in total. The normalized spacial score (nSPS) is 10.8. The van der Waals surface area contributed by atoms with Crippen LogP contribution in [0.25, 0.3) is 22.1 Å². The number of nitrogens with zero attached hydrogens (tertiary/aromatic N) is 1. The molecule has 8 heteroatoms. The van der Waals surface area contributed by atoms with Crippen molar-refractivity contribution in [3.8, 4) is 5.75 Å². The number of carbonyl (C=O) groups is 2. The first-order valence-electron chi connectivity index (χ1n) is 6.45. The molecule has 1 aromatic carbocycles. The van der Waals surface area contributed by atoms with Crippen LogP contribution in [0.4, 0.5) is 10.6 Å². The van der Waals surface area contributed by atoms with Crippen LogP contribution in [-0.2, 0) is 0 Å². The molecule has 0 unspecified atom stereocenters. The van der Waals surface area contributed by atoms with Gasteiger partial charge in [0.15, 0.2) is 17.4 Å². The Kier molecular flexibility index (Phi) is 3.21. The van der Waals surface area contributed by atoms with E-state index in [1.165, 1.54) is 25.1 Å². The standard InChI is InChI=1S/C15H10N2O6/c1-6(18)7-2-3-10-8(4-7)12(19)9-5-11(23-15(20)21)13(16)17-14(9)22-10/h2-5H,1H3,(H2,16,17)(H,20,21). The van der Waals surface area contributed by atoms with Crippen molar-refractivity contribution >= 4 is 39.8 Å². The maximum Gasteiger partial charge on any atom is 0.511 e. The second kappa shape index (κ2) is 5.09. The van der Waals surface area contributed by atoms with E-state index in [1.807, 2.05) is 0 Å². The Bertz CT molecular complexity index is 1040. The number of rotatable bonds is 2. The number of aromatic nitrogens is 1.